The minimum absolute atomic E-state index is 0.0156. The highest BCUT2D eigenvalue weighted by atomic mass is 35.5. The third-order valence-corrected chi connectivity index (χ3v) is 4.57. The van der Waals surface area contributed by atoms with Gasteiger partial charge in [-0.25, -0.2) is 9.59 Å². The lowest BCUT2D eigenvalue weighted by molar-refractivity contribution is 0.0688. The molecule has 4 rings (SSSR count). The van der Waals surface area contributed by atoms with Gasteiger partial charge in [0.25, 0.3) is 0 Å². The van der Waals surface area contributed by atoms with Gasteiger partial charge in [0, 0.05) is 15.4 Å². The largest absolute Gasteiger partial charge is 0.478 e. The van der Waals surface area contributed by atoms with E-state index in [4.69, 9.17) is 32.4 Å². The topological polar surface area (TPSA) is 97.0 Å². The Morgan fingerprint density at radius 2 is 1.50 bits per heavy atom. The Labute approximate surface area is 167 Å². The molecule has 0 aliphatic carbocycles. The average Bonchev–Trinajstić information content (AvgIpc) is 3.00. The summed E-state index contributed by atoms with van der Waals surface area (Å²) in [5.74, 6) is -1.78. The van der Waals surface area contributed by atoms with Crippen molar-refractivity contribution < 1.29 is 29.0 Å². The highest BCUT2D eigenvalue weighted by Gasteiger charge is 2.23. The average molecular weight is 417 g/mol. The van der Waals surface area contributed by atoms with Gasteiger partial charge in [-0.3, -0.25) is 0 Å². The number of para-hydroxylation sites is 1. The second kappa shape index (κ2) is 6.74. The maximum absolute atomic E-state index is 11.6. The van der Waals surface area contributed by atoms with Crippen LogP contribution >= 0.6 is 23.2 Å². The van der Waals surface area contributed by atoms with Crippen LogP contribution in [0, 0.1) is 0 Å². The summed E-state index contributed by atoms with van der Waals surface area (Å²) in [6.45, 7) is 0. The van der Waals surface area contributed by atoms with Gasteiger partial charge in [0.2, 0.25) is 0 Å². The van der Waals surface area contributed by atoms with Gasteiger partial charge in [-0.05, 0) is 36.4 Å². The molecule has 0 fully saturated rings. The van der Waals surface area contributed by atoms with Crippen LogP contribution in [0.3, 0.4) is 0 Å². The smallest absolute Gasteiger partial charge is 0.339 e. The monoisotopic (exact) mass is 416 g/mol. The lowest BCUT2D eigenvalue weighted by Gasteiger charge is -2.09. The molecule has 1 heterocycles. The molecule has 0 radical (unpaired) electrons. The van der Waals surface area contributed by atoms with Crippen molar-refractivity contribution in [1.29, 1.82) is 0 Å². The maximum Gasteiger partial charge on any atom is 0.339 e. The molecule has 0 saturated heterocycles. The number of ether oxygens (including phenoxy) is 1. The number of aromatic carboxylic acids is 2. The van der Waals surface area contributed by atoms with Crippen LogP contribution in [-0.4, -0.2) is 22.2 Å². The van der Waals surface area contributed by atoms with Crippen molar-refractivity contribution in [2.45, 2.75) is 0 Å². The predicted molar refractivity (Wildman–Crippen MR) is 104 cm³/mol. The van der Waals surface area contributed by atoms with Crippen LogP contribution in [0.25, 0.3) is 21.9 Å². The quantitative estimate of drug-likeness (QED) is 0.418. The summed E-state index contributed by atoms with van der Waals surface area (Å²) in [7, 11) is 0. The van der Waals surface area contributed by atoms with Crippen molar-refractivity contribution >= 4 is 57.1 Å². The zero-order valence-electron chi connectivity index (χ0n) is 13.9. The fraction of sp³-hybridized carbons (Fsp3) is 0. The summed E-state index contributed by atoms with van der Waals surface area (Å²) < 4.78 is 11.6. The molecule has 6 nitrogen and oxygen atoms in total. The van der Waals surface area contributed by atoms with E-state index < -0.39 is 11.9 Å². The van der Waals surface area contributed by atoms with E-state index in [0.717, 1.165) is 0 Å². The molecule has 0 amide bonds. The number of halogens is 2. The Bertz CT molecular complexity index is 1250. The fourth-order valence-corrected chi connectivity index (χ4v) is 3.51. The standard InChI is InChI=1S/C20H10Cl2O6/c21-9-6-10(22)8-11(7-9)27-15-5-4-14(20(25)26)18-16(15)12-2-1-3-13(19(23)24)17(12)28-18/h1-8H,(H,23,24)(H,25,26). The Morgan fingerprint density at radius 3 is 2.14 bits per heavy atom. The molecule has 2 N–H and O–H groups in total. The van der Waals surface area contributed by atoms with Gasteiger partial charge in [0.05, 0.1) is 5.39 Å². The molecule has 4 aromatic rings. The van der Waals surface area contributed by atoms with E-state index in [1.54, 1.807) is 30.3 Å². The molecule has 0 aliphatic rings. The van der Waals surface area contributed by atoms with E-state index in [2.05, 4.69) is 0 Å². The Hall–Kier alpha value is -3.22. The minimum Gasteiger partial charge on any atom is -0.478 e. The van der Waals surface area contributed by atoms with Crippen LogP contribution in [0.5, 0.6) is 11.5 Å². The summed E-state index contributed by atoms with van der Waals surface area (Å²) in [6.07, 6.45) is 0. The van der Waals surface area contributed by atoms with Crippen LogP contribution < -0.4 is 4.74 Å². The number of hydrogen-bond donors (Lipinski definition) is 2. The molecular weight excluding hydrogens is 407 g/mol. The first-order chi connectivity index (χ1) is 13.3. The molecule has 0 spiro atoms. The van der Waals surface area contributed by atoms with E-state index in [-0.39, 0.29) is 28.0 Å². The third kappa shape index (κ3) is 3.02. The number of hydrogen-bond acceptors (Lipinski definition) is 4. The molecule has 0 saturated carbocycles. The SMILES string of the molecule is O=C(O)c1cccc2c1oc1c(C(=O)O)ccc(Oc3cc(Cl)cc(Cl)c3)c12. The predicted octanol–water partition coefficient (Wildman–Crippen LogP) is 6.08. The van der Waals surface area contributed by atoms with Gasteiger partial charge < -0.3 is 19.4 Å². The first-order valence-corrected chi connectivity index (χ1v) is 8.69. The maximum atomic E-state index is 11.6. The third-order valence-electron chi connectivity index (χ3n) is 4.13. The Kier molecular flexibility index (Phi) is 4.37. The summed E-state index contributed by atoms with van der Waals surface area (Å²) in [6, 6.07) is 12.0. The Balaban J connectivity index is 2.03. The lowest BCUT2D eigenvalue weighted by atomic mass is 10.1. The lowest BCUT2D eigenvalue weighted by Crippen LogP contribution is -1.97. The molecule has 0 bridgehead atoms. The van der Waals surface area contributed by atoms with Gasteiger partial charge in [-0.1, -0.05) is 35.3 Å². The number of furan rings is 1. The van der Waals surface area contributed by atoms with Crippen molar-refractivity contribution in [3.05, 3.63) is 69.7 Å². The highest BCUT2D eigenvalue weighted by molar-refractivity contribution is 6.34. The molecule has 3 aromatic carbocycles. The van der Waals surface area contributed by atoms with E-state index in [0.29, 0.717) is 26.6 Å². The van der Waals surface area contributed by atoms with E-state index in [9.17, 15) is 19.8 Å². The minimum atomic E-state index is -1.21. The van der Waals surface area contributed by atoms with Gasteiger partial charge in [0.1, 0.15) is 28.2 Å². The second-order valence-electron chi connectivity index (χ2n) is 5.92. The van der Waals surface area contributed by atoms with Gasteiger partial charge in [-0.2, -0.15) is 0 Å². The van der Waals surface area contributed by atoms with Crippen LogP contribution in [-0.2, 0) is 0 Å². The van der Waals surface area contributed by atoms with E-state index in [1.165, 1.54) is 18.2 Å². The molecule has 1 aromatic heterocycles. The van der Waals surface area contributed by atoms with Crippen LogP contribution in [0.15, 0.2) is 52.9 Å². The normalized spacial score (nSPS) is 11.1. The number of fused-ring (bicyclic) bond motifs is 3. The van der Waals surface area contributed by atoms with Gasteiger partial charge in [-0.15, -0.1) is 0 Å². The zero-order chi connectivity index (χ0) is 20.0. The molecule has 0 atom stereocenters. The summed E-state index contributed by atoms with van der Waals surface area (Å²) >= 11 is 12.0. The first kappa shape index (κ1) is 18.2. The number of carboxylic acid groups (broad SMARTS) is 2. The second-order valence-corrected chi connectivity index (χ2v) is 6.79. The van der Waals surface area contributed by atoms with Crippen molar-refractivity contribution in [1.82, 2.24) is 0 Å². The van der Waals surface area contributed by atoms with Crippen molar-refractivity contribution in [3.8, 4) is 11.5 Å². The summed E-state index contributed by atoms with van der Waals surface area (Å²) in [4.78, 5) is 23.1. The summed E-state index contributed by atoms with van der Waals surface area (Å²) in [5.41, 5.74) is -0.115. The van der Waals surface area contributed by atoms with Crippen molar-refractivity contribution in [2.75, 3.05) is 0 Å². The van der Waals surface area contributed by atoms with E-state index >= 15 is 0 Å². The van der Waals surface area contributed by atoms with Crippen LogP contribution in [0.2, 0.25) is 10.0 Å². The van der Waals surface area contributed by atoms with Gasteiger partial charge in [0.15, 0.2) is 5.58 Å². The fourth-order valence-electron chi connectivity index (χ4n) is 3.01. The van der Waals surface area contributed by atoms with Crippen LogP contribution in [0.1, 0.15) is 20.7 Å². The van der Waals surface area contributed by atoms with Crippen molar-refractivity contribution in [3.63, 3.8) is 0 Å². The number of carbonyl (C=O) groups is 2. The molecule has 0 aliphatic heterocycles. The molecule has 140 valence electrons. The number of carboxylic acids is 2. The first-order valence-electron chi connectivity index (χ1n) is 7.94. The highest BCUT2D eigenvalue weighted by Crippen LogP contribution is 2.41. The molecule has 0 unspecified atom stereocenters. The zero-order valence-corrected chi connectivity index (χ0v) is 15.4. The molecule has 28 heavy (non-hydrogen) atoms. The molecule has 8 heteroatoms. The Morgan fingerprint density at radius 1 is 0.857 bits per heavy atom. The van der Waals surface area contributed by atoms with Gasteiger partial charge >= 0.3 is 11.9 Å². The molecular formula is C20H10Cl2O6. The van der Waals surface area contributed by atoms with Crippen LogP contribution in [0.4, 0.5) is 0 Å². The summed E-state index contributed by atoms with van der Waals surface area (Å²) in [5, 5.41) is 20.4. The van der Waals surface area contributed by atoms with Crippen molar-refractivity contribution in [2.24, 2.45) is 0 Å². The number of benzene rings is 3. The number of rotatable bonds is 4. The van der Waals surface area contributed by atoms with E-state index in [1.807, 2.05) is 0 Å².